The maximum atomic E-state index is 11.1. The van der Waals surface area contributed by atoms with Gasteiger partial charge in [-0.15, -0.1) is 0 Å². The van der Waals surface area contributed by atoms with Crippen LogP contribution < -0.4 is 15.4 Å². The molecule has 0 saturated heterocycles. The highest BCUT2D eigenvalue weighted by Crippen LogP contribution is 2.37. The molecule has 6 nitrogen and oxygen atoms in total. The molecule has 4 rings (SSSR count). The predicted octanol–water partition coefficient (Wildman–Crippen LogP) is 5.54. The van der Waals surface area contributed by atoms with Crippen LogP contribution >= 0.6 is 0 Å². The number of hydrogen-bond acceptors (Lipinski definition) is 4. The summed E-state index contributed by atoms with van der Waals surface area (Å²) < 4.78 is 5.49. The van der Waals surface area contributed by atoms with Gasteiger partial charge in [0.25, 0.3) is 0 Å². The van der Waals surface area contributed by atoms with Gasteiger partial charge in [-0.1, -0.05) is 36.4 Å². The van der Waals surface area contributed by atoms with Crippen LogP contribution in [0.15, 0.2) is 60.7 Å². The number of nitrogens with one attached hydrogen (secondary N) is 2. The van der Waals surface area contributed by atoms with E-state index in [0.29, 0.717) is 11.4 Å². The fraction of sp³-hybridized carbons (Fsp3) is 0.0909. The lowest BCUT2D eigenvalue weighted by Crippen LogP contribution is -2.08. The van der Waals surface area contributed by atoms with Gasteiger partial charge in [-0.2, -0.15) is 0 Å². The normalized spacial score (nSPS) is 10.8. The van der Waals surface area contributed by atoms with E-state index in [1.54, 1.807) is 13.2 Å². The summed E-state index contributed by atoms with van der Waals surface area (Å²) in [5.41, 5.74) is 4.66. The van der Waals surface area contributed by atoms with Gasteiger partial charge in [-0.05, 0) is 36.8 Å². The van der Waals surface area contributed by atoms with Crippen molar-refractivity contribution in [1.29, 1.82) is 0 Å². The van der Waals surface area contributed by atoms with E-state index in [9.17, 15) is 4.79 Å². The Hall–Kier alpha value is -3.80. The van der Waals surface area contributed by atoms with E-state index in [-0.39, 0.29) is 0 Å². The Morgan fingerprint density at radius 2 is 1.82 bits per heavy atom. The number of benzene rings is 3. The monoisotopic (exact) mass is 373 g/mol. The van der Waals surface area contributed by atoms with Crippen molar-refractivity contribution in [2.45, 2.75) is 6.92 Å². The van der Waals surface area contributed by atoms with Crippen molar-refractivity contribution in [3.63, 3.8) is 0 Å². The fourth-order valence-electron chi connectivity index (χ4n) is 3.28. The van der Waals surface area contributed by atoms with Crippen molar-refractivity contribution >= 4 is 45.0 Å². The SMILES string of the molecule is COc1cccc2c(Nc3ccc(C)c(NC(=O)O)c3)c3ccccc3nc12. The number of anilines is 3. The fourth-order valence-corrected chi connectivity index (χ4v) is 3.28. The average Bonchev–Trinajstić information content (AvgIpc) is 2.69. The van der Waals surface area contributed by atoms with Crippen LogP contribution in [-0.2, 0) is 0 Å². The van der Waals surface area contributed by atoms with Crippen LogP contribution in [0, 0.1) is 6.92 Å². The summed E-state index contributed by atoms with van der Waals surface area (Å²) in [7, 11) is 1.63. The zero-order chi connectivity index (χ0) is 19.7. The van der Waals surface area contributed by atoms with Crippen molar-refractivity contribution in [2.24, 2.45) is 0 Å². The van der Waals surface area contributed by atoms with Crippen molar-refractivity contribution < 1.29 is 14.6 Å². The Bertz CT molecular complexity index is 1200. The predicted molar refractivity (Wildman–Crippen MR) is 112 cm³/mol. The van der Waals surface area contributed by atoms with E-state index < -0.39 is 6.09 Å². The third-order valence-electron chi connectivity index (χ3n) is 4.64. The highest BCUT2D eigenvalue weighted by Gasteiger charge is 2.13. The number of methoxy groups -OCH3 is 1. The molecule has 0 aliphatic heterocycles. The topological polar surface area (TPSA) is 83.5 Å². The lowest BCUT2D eigenvalue weighted by molar-refractivity contribution is 0.209. The molecule has 0 spiro atoms. The molecule has 1 amide bonds. The van der Waals surface area contributed by atoms with Crippen molar-refractivity contribution in [2.75, 3.05) is 17.7 Å². The second-order valence-corrected chi connectivity index (χ2v) is 6.45. The van der Waals surface area contributed by atoms with Gasteiger partial charge in [0.1, 0.15) is 11.3 Å². The molecule has 0 atom stereocenters. The molecular weight excluding hydrogens is 354 g/mol. The Balaban J connectivity index is 1.91. The van der Waals surface area contributed by atoms with E-state index in [0.717, 1.165) is 38.7 Å². The van der Waals surface area contributed by atoms with Gasteiger partial charge in [-0.3, -0.25) is 5.32 Å². The maximum Gasteiger partial charge on any atom is 0.409 e. The number of aromatic nitrogens is 1. The summed E-state index contributed by atoms with van der Waals surface area (Å²) in [4.78, 5) is 15.8. The number of carboxylic acid groups (broad SMARTS) is 1. The van der Waals surface area contributed by atoms with Crippen molar-refractivity contribution in [3.05, 3.63) is 66.2 Å². The highest BCUT2D eigenvalue weighted by molar-refractivity contribution is 6.10. The third kappa shape index (κ3) is 3.16. The van der Waals surface area contributed by atoms with E-state index in [1.807, 2.05) is 61.5 Å². The summed E-state index contributed by atoms with van der Waals surface area (Å²) in [5, 5.41) is 16.8. The van der Waals surface area contributed by atoms with E-state index in [4.69, 9.17) is 14.8 Å². The minimum Gasteiger partial charge on any atom is -0.494 e. The molecule has 0 aliphatic rings. The number of carbonyl (C=O) groups is 1. The molecule has 6 heteroatoms. The summed E-state index contributed by atoms with van der Waals surface area (Å²) in [6.07, 6.45) is -1.09. The molecule has 140 valence electrons. The number of nitrogens with zero attached hydrogens (tertiary/aromatic N) is 1. The third-order valence-corrected chi connectivity index (χ3v) is 4.64. The lowest BCUT2D eigenvalue weighted by Gasteiger charge is -2.16. The summed E-state index contributed by atoms with van der Waals surface area (Å²) in [6, 6.07) is 19.3. The van der Waals surface area contributed by atoms with Crippen molar-refractivity contribution in [3.8, 4) is 5.75 Å². The quantitative estimate of drug-likeness (QED) is 0.409. The molecule has 0 unspecified atom stereocenters. The van der Waals surface area contributed by atoms with Gasteiger partial charge in [0.2, 0.25) is 0 Å². The molecule has 4 aromatic rings. The lowest BCUT2D eigenvalue weighted by atomic mass is 10.1. The first-order valence-electron chi connectivity index (χ1n) is 8.80. The molecule has 0 aliphatic carbocycles. The van der Waals surface area contributed by atoms with E-state index in [1.165, 1.54) is 0 Å². The summed E-state index contributed by atoms with van der Waals surface area (Å²) >= 11 is 0. The first-order valence-corrected chi connectivity index (χ1v) is 8.80. The molecule has 1 heterocycles. The standard InChI is InChI=1S/C22H19N3O3/c1-13-10-11-14(12-18(13)25-22(26)27)23-20-15-6-3-4-8-17(15)24-21-16(20)7-5-9-19(21)28-2/h3-12,25H,1-2H3,(H,23,24)(H,26,27). The summed E-state index contributed by atoms with van der Waals surface area (Å²) in [5.74, 6) is 0.698. The van der Waals surface area contributed by atoms with Gasteiger partial charge >= 0.3 is 6.09 Å². The Kier molecular flexibility index (Phi) is 4.45. The van der Waals surface area contributed by atoms with Crippen LogP contribution in [0.2, 0.25) is 0 Å². The second kappa shape index (κ2) is 7.08. The van der Waals surface area contributed by atoms with Gasteiger partial charge in [0, 0.05) is 22.1 Å². The summed E-state index contributed by atoms with van der Waals surface area (Å²) in [6.45, 7) is 1.86. The van der Waals surface area contributed by atoms with E-state index in [2.05, 4.69) is 10.6 Å². The second-order valence-electron chi connectivity index (χ2n) is 6.45. The first-order chi connectivity index (χ1) is 13.6. The molecule has 3 N–H and O–H groups in total. The molecular formula is C22H19N3O3. The van der Waals surface area contributed by atoms with Crippen molar-refractivity contribution in [1.82, 2.24) is 4.98 Å². The Labute approximate surface area is 161 Å². The van der Waals surface area contributed by atoms with Gasteiger partial charge in [-0.25, -0.2) is 9.78 Å². The first kappa shape index (κ1) is 17.6. The van der Waals surface area contributed by atoms with Crippen LogP contribution in [0.4, 0.5) is 21.9 Å². The number of pyridine rings is 1. The van der Waals surface area contributed by atoms with Crippen LogP contribution in [0.1, 0.15) is 5.56 Å². The number of fused-ring (bicyclic) bond motifs is 2. The number of amides is 1. The molecule has 1 aromatic heterocycles. The van der Waals surface area contributed by atoms with Crippen LogP contribution in [0.3, 0.4) is 0 Å². The molecule has 0 fully saturated rings. The van der Waals surface area contributed by atoms with Gasteiger partial charge in [0.15, 0.2) is 0 Å². The van der Waals surface area contributed by atoms with E-state index >= 15 is 0 Å². The molecule has 0 saturated carbocycles. The minimum absolute atomic E-state index is 0.540. The molecule has 3 aromatic carbocycles. The largest absolute Gasteiger partial charge is 0.494 e. The average molecular weight is 373 g/mol. The van der Waals surface area contributed by atoms with Gasteiger partial charge in [0.05, 0.1) is 18.3 Å². The van der Waals surface area contributed by atoms with Crippen LogP contribution in [-0.4, -0.2) is 23.3 Å². The number of para-hydroxylation sites is 2. The Morgan fingerprint density at radius 3 is 2.61 bits per heavy atom. The zero-order valence-electron chi connectivity index (χ0n) is 15.5. The van der Waals surface area contributed by atoms with Crippen LogP contribution in [0.25, 0.3) is 21.8 Å². The Morgan fingerprint density at radius 1 is 1.04 bits per heavy atom. The smallest absolute Gasteiger partial charge is 0.409 e. The number of hydrogen-bond donors (Lipinski definition) is 3. The molecule has 0 bridgehead atoms. The van der Waals surface area contributed by atoms with Crippen LogP contribution in [0.5, 0.6) is 5.75 Å². The zero-order valence-corrected chi connectivity index (χ0v) is 15.5. The van der Waals surface area contributed by atoms with Gasteiger partial charge < -0.3 is 15.2 Å². The number of rotatable bonds is 4. The highest BCUT2D eigenvalue weighted by atomic mass is 16.5. The maximum absolute atomic E-state index is 11.1. The minimum atomic E-state index is -1.09. The molecule has 0 radical (unpaired) electrons. The number of aryl methyl sites for hydroxylation is 1. The number of ether oxygens (including phenoxy) is 1. The molecule has 28 heavy (non-hydrogen) atoms.